The lowest BCUT2D eigenvalue weighted by Gasteiger charge is -2.16. The second-order valence-electron chi connectivity index (χ2n) is 6.04. The van der Waals surface area contributed by atoms with Gasteiger partial charge in [0.25, 0.3) is 0 Å². The predicted molar refractivity (Wildman–Crippen MR) is 96.3 cm³/mol. The second kappa shape index (κ2) is 7.93. The van der Waals surface area contributed by atoms with Gasteiger partial charge in [0.05, 0.1) is 16.6 Å². The molecular weight excluding hydrogens is 360 g/mol. The fourth-order valence-electron chi connectivity index (χ4n) is 2.78. The number of likely N-dealkylation sites (tertiary alicyclic amines) is 1. The molecule has 0 saturated carbocycles. The molecule has 2 amide bonds. The van der Waals surface area contributed by atoms with Crippen molar-refractivity contribution >= 4 is 34.8 Å². The Hall–Kier alpha value is -1.99. The Balaban J connectivity index is 1.47. The molecule has 3 heterocycles. The Morgan fingerprint density at radius 3 is 2.88 bits per heavy atom. The van der Waals surface area contributed by atoms with Crippen LogP contribution in [0.2, 0.25) is 4.34 Å². The minimum absolute atomic E-state index is 0.0132. The normalized spacial score (nSPS) is 17.1. The van der Waals surface area contributed by atoms with E-state index in [0.29, 0.717) is 30.4 Å². The van der Waals surface area contributed by atoms with Crippen LogP contribution < -0.4 is 5.32 Å². The summed E-state index contributed by atoms with van der Waals surface area (Å²) in [6.07, 6.45) is 4.31. The fourth-order valence-corrected chi connectivity index (χ4v) is 3.88. The molecule has 1 atom stereocenters. The van der Waals surface area contributed by atoms with Crippen molar-refractivity contribution in [3.05, 3.63) is 45.1 Å². The lowest BCUT2D eigenvalue weighted by atomic mass is 10.1. The van der Waals surface area contributed by atoms with Crippen molar-refractivity contribution in [3.8, 4) is 0 Å². The van der Waals surface area contributed by atoms with Crippen LogP contribution in [0, 0.1) is 12.8 Å². The molecule has 1 unspecified atom stereocenters. The van der Waals surface area contributed by atoms with E-state index in [1.54, 1.807) is 17.3 Å². The van der Waals surface area contributed by atoms with Crippen LogP contribution in [-0.4, -0.2) is 39.8 Å². The van der Waals surface area contributed by atoms with Crippen LogP contribution in [0.5, 0.6) is 0 Å². The molecule has 1 aliphatic heterocycles. The van der Waals surface area contributed by atoms with Crippen LogP contribution in [0.25, 0.3) is 0 Å². The summed E-state index contributed by atoms with van der Waals surface area (Å²) >= 11 is 7.43. The van der Waals surface area contributed by atoms with Gasteiger partial charge in [0.1, 0.15) is 4.34 Å². The van der Waals surface area contributed by atoms with Crippen molar-refractivity contribution < 1.29 is 9.59 Å². The Morgan fingerprint density at radius 2 is 2.20 bits per heavy atom. The summed E-state index contributed by atoms with van der Waals surface area (Å²) in [5, 5.41) is 3.81. The van der Waals surface area contributed by atoms with Crippen LogP contribution in [0.3, 0.4) is 0 Å². The average molecular weight is 379 g/mol. The van der Waals surface area contributed by atoms with Crippen LogP contribution in [0.15, 0.2) is 24.5 Å². The van der Waals surface area contributed by atoms with E-state index in [0.717, 1.165) is 16.3 Å². The molecule has 25 heavy (non-hydrogen) atoms. The molecule has 0 aliphatic carbocycles. The largest absolute Gasteiger partial charge is 0.355 e. The molecule has 2 aromatic rings. The van der Waals surface area contributed by atoms with E-state index in [1.807, 2.05) is 19.1 Å². The van der Waals surface area contributed by atoms with Gasteiger partial charge in [-0.05, 0) is 24.6 Å². The molecule has 0 radical (unpaired) electrons. The quantitative estimate of drug-likeness (QED) is 0.836. The zero-order chi connectivity index (χ0) is 17.8. The monoisotopic (exact) mass is 378 g/mol. The summed E-state index contributed by atoms with van der Waals surface area (Å²) in [6, 6.07) is 3.75. The number of halogens is 1. The fraction of sp³-hybridized carbons (Fsp3) is 0.412. The van der Waals surface area contributed by atoms with Gasteiger partial charge < -0.3 is 10.2 Å². The van der Waals surface area contributed by atoms with Crippen molar-refractivity contribution in [2.45, 2.75) is 26.3 Å². The number of hydrogen-bond donors (Lipinski definition) is 1. The average Bonchev–Trinajstić information content (AvgIpc) is 3.11. The molecule has 0 spiro atoms. The van der Waals surface area contributed by atoms with E-state index in [4.69, 9.17) is 11.6 Å². The number of carbonyl (C=O) groups excluding carboxylic acids is 2. The van der Waals surface area contributed by atoms with Gasteiger partial charge in [0.15, 0.2) is 0 Å². The summed E-state index contributed by atoms with van der Waals surface area (Å²) < 4.78 is 0.689. The standard InChI is InChI=1S/C17H19ClN4O2S/c1-11-16(18)25-14(21-11)4-7-20-17(24)13-8-15(23)22(10-13)9-12-2-5-19-6-3-12/h2-3,5-6,13H,4,7-10H2,1H3,(H,20,24). The molecule has 0 aromatic carbocycles. The van der Waals surface area contributed by atoms with E-state index in [2.05, 4.69) is 15.3 Å². The first-order valence-electron chi connectivity index (χ1n) is 8.09. The molecule has 0 bridgehead atoms. The summed E-state index contributed by atoms with van der Waals surface area (Å²) in [7, 11) is 0. The number of hydrogen-bond acceptors (Lipinski definition) is 5. The van der Waals surface area contributed by atoms with Crippen molar-refractivity contribution in [2.75, 3.05) is 13.1 Å². The van der Waals surface area contributed by atoms with Gasteiger partial charge in [-0.1, -0.05) is 11.6 Å². The Morgan fingerprint density at radius 1 is 1.44 bits per heavy atom. The van der Waals surface area contributed by atoms with Crippen LogP contribution >= 0.6 is 22.9 Å². The number of nitrogens with one attached hydrogen (secondary N) is 1. The van der Waals surface area contributed by atoms with E-state index in [1.165, 1.54) is 11.3 Å². The number of carbonyl (C=O) groups is 2. The van der Waals surface area contributed by atoms with Gasteiger partial charge in [-0.2, -0.15) is 0 Å². The summed E-state index contributed by atoms with van der Waals surface area (Å²) in [5.74, 6) is -0.361. The number of aromatic nitrogens is 2. The number of amides is 2. The Labute approximate surface area is 155 Å². The Bertz CT molecular complexity index is 746. The third-order valence-corrected chi connectivity index (χ3v) is 5.64. The van der Waals surface area contributed by atoms with Crippen LogP contribution in [-0.2, 0) is 22.6 Å². The topological polar surface area (TPSA) is 75.2 Å². The summed E-state index contributed by atoms with van der Waals surface area (Å²) in [4.78, 5) is 34.5. The highest BCUT2D eigenvalue weighted by Gasteiger charge is 2.34. The Kier molecular flexibility index (Phi) is 5.65. The van der Waals surface area contributed by atoms with E-state index >= 15 is 0 Å². The number of pyridine rings is 1. The smallest absolute Gasteiger partial charge is 0.225 e. The number of thiazole rings is 1. The van der Waals surface area contributed by atoms with Crippen molar-refractivity contribution in [1.82, 2.24) is 20.2 Å². The first-order chi connectivity index (χ1) is 12.0. The third kappa shape index (κ3) is 4.55. The molecule has 132 valence electrons. The van der Waals surface area contributed by atoms with Gasteiger partial charge in [0, 0.05) is 44.9 Å². The van der Waals surface area contributed by atoms with E-state index in [-0.39, 0.29) is 24.2 Å². The molecule has 1 aliphatic rings. The molecule has 2 aromatic heterocycles. The SMILES string of the molecule is Cc1nc(CCNC(=O)C2CC(=O)N(Cc3ccncc3)C2)sc1Cl. The highest BCUT2D eigenvalue weighted by Crippen LogP contribution is 2.23. The lowest BCUT2D eigenvalue weighted by molar-refractivity contribution is -0.129. The maximum Gasteiger partial charge on any atom is 0.225 e. The van der Waals surface area contributed by atoms with Crippen LogP contribution in [0.1, 0.15) is 22.7 Å². The van der Waals surface area contributed by atoms with Gasteiger partial charge in [-0.15, -0.1) is 11.3 Å². The maximum absolute atomic E-state index is 12.3. The molecule has 8 heteroatoms. The van der Waals surface area contributed by atoms with Gasteiger partial charge >= 0.3 is 0 Å². The van der Waals surface area contributed by atoms with E-state index in [9.17, 15) is 9.59 Å². The van der Waals surface area contributed by atoms with Gasteiger partial charge in [0.2, 0.25) is 11.8 Å². The van der Waals surface area contributed by atoms with Gasteiger partial charge in [-0.25, -0.2) is 4.98 Å². The molecular formula is C17H19ClN4O2S. The molecule has 6 nitrogen and oxygen atoms in total. The lowest BCUT2D eigenvalue weighted by Crippen LogP contribution is -2.34. The maximum atomic E-state index is 12.3. The second-order valence-corrected chi connectivity index (χ2v) is 7.72. The highest BCUT2D eigenvalue weighted by atomic mass is 35.5. The summed E-state index contributed by atoms with van der Waals surface area (Å²) in [5.41, 5.74) is 1.83. The zero-order valence-corrected chi connectivity index (χ0v) is 15.4. The minimum atomic E-state index is -0.295. The molecule has 1 fully saturated rings. The molecule has 3 rings (SSSR count). The van der Waals surface area contributed by atoms with Crippen LogP contribution in [0.4, 0.5) is 0 Å². The number of nitrogens with zero attached hydrogens (tertiary/aromatic N) is 3. The first kappa shape index (κ1) is 17.8. The highest BCUT2D eigenvalue weighted by molar-refractivity contribution is 7.16. The molecule has 1 saturated heterocycles. The van der Waals surface area contributed by atoms with Crippen molar-refractivity contribution in [3.63, 3.8) is 0 Å². The summed E-state index contributed by atoms with van der Waals surface area (Å²) in [6.45, 7) is 3.33. The van der Waals surface area contributed by atoms with E-state index < -0.39 is 0 Å². The van der Waals surface area contributed by atoms with Gasteiger partial charge in [-0.3, -0.25) is 14.6 Å². The molecule has 1 N–H and O–H groups in total. The van der Waals surface area contributed by atoms with Crippen molar-refractivity contribution in [2.24, 2.45) is 5.92 Å². The zero-order valence-electron chi connectivity index (χ0n) is 13.9. The number of aryl methyl sites for hydroxylation is 1. The first-order valence-corrected chi connectivity index (χ1v) is 9.28. The number of rotatable bonds is 6. The minimum Gasteiger partial charge on any atom is -0.355 e. The predicted octanol–water partition coefficient (Wildman–Crippen LogP) is 2.21. The van der Waals surface area contributed by atoms with Crippen molar-refractivity contribution in [1.29, 1.82) is 0 Å². The third-order valence-electron chi connectivity index (χ3n) is 4.13.